The van der Waals surface area contributed by atoms with Gasteiger partial charge in [0.15, 0.2) is 0 Å². The van der Waals surface area contributed by atoms with Crippen LogP contribution in [0, 0.1) is 0 Å². The molecule has 2 heterocycles. The zero-order valence-electron chi connectivity index (χ0n) is 12.3. The maximum atomic E-state index is 12.5. The second-order valence-electron chi connectivity index (χ2n) is 5.73. The molecule has 2 N–H and O–H groups in total. The first-order valence-corrected chi connectivity index (χ1v) is 7.50. The third-order valence-electron chi connectivity index (χ3n) is 4.28. The Kier molecular flexibility index (Phi) is 4.02. The first-order valence-electron chi connectivity index (χ1n) is 7.50. The fourth-order valence-electron chi connectivity index (χ4n) is 2.90. The lowest BCUT2D eigenvalue weighted by molar-refractivity contribution is -0.148. The molecule has 0 aromatic heterocycles. The minimum absolute atomic E-state index is 0.280. The van der Waals surface area contributed by atoms with Crippen LogP contribution in [-0.2, 0) is 16.0 Å². The van der Waals surface area contributed by atoms with Gasteiger partial charge >= 0.3 is 5.97 Å². The van der Waals surface area contributed by atoms with Crippen molar-refractivity contribution in [2.45, 2.75) is 31.2 Å². The molecule has 6 heteroatoms. The standard InChI is InChI=1S/C16H19NO5/c18-14(17-16(15(19)20)5-8-21-9-6-16)12-3-4-13-11(10-12)2-1-7-22-13/h3-4,10H,1-2,5-9H2,(H,17,18)(H,19,20). The number of amides is 1. The zero-order valence-corrected chi connectivity index (χ0v) is 12.3. The maximum Gasteiger partial charge on any atom is 0.329 e. The summed E-state index contributed by atoms with van der Waals surface area (Å²) in [5.41, 5.74) is 0.230. The lowest BCUT2D eigenvalue weighted by atomic mass is 9.89. The lowest BCUT2D eigenvalue weighted by Gasteiger charge is -2.34. The van der Waals surface area contributed by atoms with Gasteiger partial charge in [-0.25, -0.2) is 4.79 Å². The smallest absolute Gasteiger partial charge is 0.329 e. The van der Waals surface area contributed by atoms with E-state index in [4.69, 9.17) is 9.47 Å². The first-order chi connectivity index (χ1) is 10.6. The Morgan fingerprint density at radius 2 is 1.95 bits per heavy atom. The number of carboxylic acids is 1. The summed E-state index contributed by atoms with van der Waals surface area (Å²) in [5.74, 6) is -0.565. The Morgan fingerprint density at radius 3 is 2.68 bits per heavy atom. The van der Waals surface area contributed by atoms with E-state index in [1.54, 1.807) is 18.2 Å². The average Bonchev–Trinajstić information content (AvgIpc) is 2.55. The van der Waals surface area contributed by atoms with E-state index < -0.39 is 11.5 Å². The van der Waals surface area contributed by atoms with E-state index >= 15 is 0 Å². The van der Waals surface area contributed by atoms with E-state index in [2.05, 4.69) is 5.32 Å². The lowest BCUT2D eigenvalue weighted by Crippen LogP contribution is -2.57. The number of carbonyl (C=O) groups excluding carboxylic acids is 1. The second-order valence-corrected chi connectivity index (χ2v) is 5.73. The normalized spacial score (nSPS) is 19.6. The van der Waals surface area contributed by atoms with Crippen molar-refractivity contribution in [2.75, 3.05) is 19.8 Å². The van der Waals surface area contributed by atoms with Crippen LogP contribution in [0.5, 0.6) is 5.75 Å². The number of fused-ring (bicyclic) bond motifs is 1. The van der Waals surface area contributed by atoms with Crippen LogP contribution in [0.25, 0.3) is 0 Å². The Morgan fingerprint density at radius 1 is 1.18 bits per heavy atom. The Hall–Kier alpha value is -2.08. The third-order valence-corrected chi connectivity index (χ3v) is 4.28. The summed E-state index contributed by atoms with van der Waals surface area (Å²) in [6.07, 6.45) is 2.35. The number of aliphatic carboxylic acids is 1. The molecule has 0 saturated carbocycles. The van der Waals surface area contributed by atoms with Crippen molar-refractivity contribution in [2.24, 2.45) is 0 Å². The molecule has 2 aliphatic rings. The van der Waals surface area contributed by atoms with Gasteiger partial charge in [0, 0.05) is 31.6 Å². The fourth-order valence-corrected chi connectivity index (χ4v) is 2.90. The summed E-state index contributed by atoms with van der Waals surface area (Å²) in [5, 5.41) is 12.2. The summed E-state index contributed by atoms with van der Waals surface area (Å²) in [4.78, 5) is 24.0. The van der Waals surface area contributed by atoms with Crippen LogP contribution in [0.15, 0.2) is 18.2 Å². The van der Waals surface area contributed by atoms with E-state index in [-0.39, 0.29) is 18.7 Å². The topological polar surface area (TPSA) is 84.9 Å². The molecule has 0 spiro atoms. The number of ether oxygens (including phenoxy) is 2. The van der Waals surface area contributed by atoms with Crippen LogP contribution in [0.4, 0.5) is 0 Å². The van der Waals surface area contributed by atoms with Gasteiger partial charge in [-0.1, -0.05) is 0 Å². The number of carbonyl (C=O) groups is 2. The Labute approximate surface area is 128 Å². The van der Waals surface area contributed by atoms with Gasteiger partial charge in [0.1, 0.15) is 11.3 Å². The first kappa shape index (κ1) is 14.8. The highest BCUT2D eigenvalue weighted by atomic mass is 16.5. The van der Waals surface area contributed by atoms with E-state index in [0.29, 0.717) is 25.4 Å². The van der Waals surface area contributed by atoms with Crippen molar-refractivity contribution in [3.63, 3.8) is 0 Å². The van der Waals surface area contributed by atoms with E-state index in [0.717, 1.165) is 24.2 Å². The monoisotopic (exact) mass is 305 g/mol. The van der Waals surface area contributed by atoms with E-state index in [9.17, 15) is 14.7 Å². The number of nitrogens with one attached hydrogen (secondary N) is 1. The molecule has 0 atom stereocenters. The predicted octanol–water partition coefficient (Wildman–Crippen LogP) is 1.38. The summed E-state index contributed by atoms with van der Waals surface area (Å²) in [6.45, 7) is 1.37. The minimum Gasteiger partial charge on any atom is -0.493 e. The van der Waals surface area contributed by atoms with Crippen molar-refractivity contribution in [1.29, 1.82) is 0 Å². The van der Waals surface area contributed by atoms with Gasteiger partial charge in [-0.3, -0.25) is 4.79 Å². The molecule has 22 heavy (non-hydrogen) atoms. The molecular formula is C16H19NO5. The van der Waals surface area contributed by atoms with Crippen molar-refractivity contribution in [3.8, 4) is 5.75 Å². The van der Waals surface area contributed by atoms with Crippen LogP contribution in [-0.4, -0.2) is 42.3 Å². The molecular weight excluding hydrogens is 286 g/mol. The van der Waals surface area contributed by atoms with E-state index in [1.165, 1.54) is 0 Å². The van der Waals surface area contributed by atoms with Gasteiger partial charge in [-0.15, -0.1) is 0 Å². The molecule has 1 amide bonds. The number of hydrogen-bond acceptors (Lipinski definition) is 4. The van der Waals surface area contributed by atoms with Gasteiger partial charge in [0.25, 0.3) is 5.91 Å². The van der Waals surface area contributed by atoms with Crippen LogP contribution in [0.1, 0.15) is 35.2 Å². The SMILES string of the molecule is O=C(NC1(C(=O)O)CCOCC1)c1ccc2c(c1)CCCO2. The van der Waals surface area contributed by atoms with Crippen LogP contribution in [0.3, 0.4) is 0 Å². The average molecular weight is 305 g/mol. The van der Waals surface area contributed by atoms with E-state index in [1.807, 2.05) is 0 Å². The molecule has 1 saturated heterocycles. The third kappa shape index (κ3) is 2.78. The molecule has 2 aliphatic heterocycles. The summed E-state index contributed by atoms with van der Waals surface area (Å²) < 4.78 is 10.7. The van der Waals surface area contributed by atoms with Gasteiger partial charge < -0.3 is 19.9 Å². The largest absolute Gasteiger partial charge is 0.493 e. The maximum absolute atomic E-state index is 12.5. The van der Waals surface area contributed by atoms with Crippen molar-refractivity contribution < 1.29 is 24.2 Å². The quantitative estimate of drug-likeness (QED) is 0.881. The van der Waals surface area contributed by atoms with Gasteiger partial charge in [0.05, 0.1) is 6.61 Å². The summed E-state index contributed by atoms with van der Waals surface area (Å²) >= 11 is 0. The highest BCUT2D eigenvalue weighted by molar-refractivity contribution is 5.98. The number of hydrogen-bond donors (Lipinski definition) is 2. The number of aryl methyl sites for hydroxylation is 1. The molecule has 0 unspecified atom stereocenters. The second kappa shape index (κ2) is 5.96. The Balaban J connectivity index is 1.79. The zero-order chi connectivity index (χ0) is 15.6. The van der Waals surface area contributed by atoms with Gasteiger partial charge in [-0.05, 0) is 36.6 Å². The molecule has 1 aromatic carbocycles. The van der Waals surface area contributed by atoms with Gasteiger partial charge in [-0.2, -0.15) is 0 Å². The number of benzene rings is 1. The molecule has 3 rings (SSSR count). The highest BCUT2D eigenvalue weighted by Gasteiger charge is 2.41. The van der Waals surface area contributed by atoms with Crippen molar-refractivity contribution in [3.05, 3.63) is 29.3 Å². The van der Waals surface area contributed by atoms with Crippen molar-refractivity contribution >= 4 is 11.9 Å². The number of rotatable bonds is 3. The molecule has 0 radical (unpaired) electrons. The van der Waals surface area contributed by atoms with Crippen LogP contribution >= 0.6 is 0 Å². The molecule has 6 nitrogen and oxygen atoms in total. The summed E-state index contributed by atoms with van der Waals surface area (Å²) in [7, 11) is 0. The predicted molar refractivity (Wildman–Crippen MR) is 78.1 cm³/mol. The number of carboxylic acid groups (broad SMARTS) is 1. The molecule has 0 aliphatic carbocycles. The van der Waals surface area contributed by atoms with Crippen LogP contribution in [0.2, 0.25) is 0 Å². The molecule has 118 valence electrons. The van der Waals surface area contributed by atoms with Crippen LogP contribution < -0.4 is 10.1 Å². The molecule has 1 fully saturated rings. The minimum atomic E-state index is -1.23. The highest BCUT2D eigenvalue weighted by Crippen LogP contribution is 2.26. The molecule has 1 aromatic rings. The molecule has 0 bridgehead atoms. The summed E-state index contributed by atoms with van der Waals surface area (Å²) in [6, 6.07) is 5.24. The van der Waals surface area contributed by atoms with Gasteiger partial charge in [0.2, 0.25) is 0 Å². The van der Waals surface area contributed by atoms with Crippen molar-refractivity contribution in [1.82, 2.24) is 5.32 Å². The fraction of sp³-hybridized carbons (Fsp3) is 0.500. The Bertz CT molecular complexity index is 592.